The summed E-state index contributed by atoms with van der Waals surface area (Å²) in [5.74, 6) is 0.275. The molecule has 27 heavy (non-hydrogen) atoms. The Bertz CT molecular complexity index is 752. The van der Waals surface area contributed by atoms with E-state index in [2.05, 4.69) is 5.32 Å². The molecule has 0 spiro atoms. The Morgan fingerprint density at radius 3 is 2.59 bits per heavy atom. The summed E-state index contributed by atoms with van der Waals surface area (Å²) in [6.45, 7) is 2.80. The maximum Gasteiger partial charge on any atom is 0.243 e. The van der Waals surface area contributed by atoms with Gasteiger partial charge >= 0.3 is 0 Å². The van der Waals surface area contributed by atoms with E-state index in [1.165, 1.54) is 30.7 Å². The first-order valence-electron chi connectivity index (χ1n) is 8.85. The SMILES string of the molecule is COC[C@@H](C)NC(=O)[C@H]1CCCN(S(=O)(=O)c2ccc(OC)c(OC)c2)C1. The van der Waals surface area contributed by atoms with Gasteiger partial charge in [-0.15, -0.1) is 0 Å². The number of benzene rings is 1. The van der Waals surface area contributed by atoms with Gasteiger partial charge in [-0.25, -0.2) is 8.42 Å². The third-order valence-electron chi connectivity index (χ3n) is 4.55. The number of sulfonamides is 1. The van der Waals surface area contributed by atoms with E-state index in [4.69, 9.17) is 14.2 Å². The van der Waals surface area contributed by atoms with Crippen molar-refractivity contribution in [3.63, 3.8) is 0 Å². The van der Waals surface area contributed by atoms with Crippen LogP contribution in [0.25, 0.3) is 0 Å². The summed E-state index contributed by atoms with van der Waals surface area (Å²) < 4.78 is 42.8. The van der Waals surface area contributed by atoms with Crippen molar-refractivity contribution in [1.29, 1.82) is 0 Å². The first-order valence-corrected chi connectivity index (χ1v) is 10.3. The maximum atomic E-state index is 13.0. The second-order valence-electron chi connectivity index (χ2n) is 6.58. The highest BCUT2D eigenvalue weighted by Gasteiger charge is 2.34. The zero-order chi connectivity index (χ0) is 20.0. The standard InChI is InChI=1S/C18H28N2O6S/c1-13(12-24-2)19-18(21)14-6-5-9-20(11-14)27(22,23)15-7-8-16(25-3)17(10-15)26-4/h7-8,10,13-14H,5-6,9,11-12H2,1-4H3,(H,19,21)/t13-,14+/m1/s1. The summed E-state index contributed by atoms with van der Waals surface area (Å²) in [5.41, 5.74) is 0. The smallest absolute Gasteiger partial charge is 0.243 e. The number of nitrogens with one attached hydrogen (secondary N) is 1. The quantitative estimate of drug-likeness (QED) is 0.706. The molecule has 9 heteroatoms. The summed E-state index contributed by atoms with van der Waals surface area (Å²) in [5, 5.41) is 2.87. The molecule has 1 aromatic carbocycles. The van der Waals surface area contributed by atoms with Crippen molar-refractivity contribution in [3.8, 4) is 11.5 Å². The molecule has 1 N–H and O–H groups in total. The van der Waals surface area contributed by atoms with Gasteiger partial charge in [0.15, 0.2) is 11.5 Å². The van der Waals surface area contributed by atoms with Crippen LogP contribution >= 0.6 is 0 Å². The third kappa shape index (κ3) is 5.12. The molecule has 0 radical (unpaired) electrons. The van der Waals surface area contributed by atoms with Crippen molar-refractivity contribution in [3.05, 3.63) is 18.2 Å². The molecule has 1 amide bonds. The van der Waals surface area contributed by atoms with Crippen LogP contribution in [-0.2, 0) is 19.6 Å². The summed E-state index contributed by atoms with van der Waals surface area (Å²) >= 11 is 0. The molecular formula is C18H28N2O6S. The fraction of sp³-hybridized carbons (Fsp3) is 0.611. The number of nitrogens with zero attached hydrogens (tertiary/aromatic N) is 1. The Labute approximate surface area is 160 Å². The number of amides is 1. The summed E-state index contributed by atoms with van der Waals surface area (Å²) in [6.07, 6.45) is 1.28. The van der Waals surface area contributed by atoms with E-state index in [9.17, 15) is 13.2 Å². The van der Waals surface area contributed by atoms with Crippen molar-refractivity contribution in [2.24, 2.45) is 5.92 Å². The Balaban J connectivity index is 2.15. The van der Waals surface area contributed by atoms with Gasteiger partial charge in [-0.05, 0) is 31.9 Å². The molecule has 8 nitrogen and oxygen atoms in total. The summed E-state index contributed by atoms with van der Waals surface area (Å²) in [4.78, 5) is 12.6. The minimum atomic E-state index is -3.73. The van der Waals surface area contributed by atoms with E-state index < -0.39 is 10.0 Å². The van der Waals surface area contributed by atoms with Gasteiger partial charge < -0.3 is 19.5 Å². The van der Waals surface area contributed by atoms with Gasteiger partial charge in [-0.3, -0.25) is 4.79 Å². The fourth-order valence-corrected chi connectivity index (χ4v) is 4.69. The normalized spacial score (nSPS) is 19.3. The second-order valence-corrected chi connectivity index (χ2v) is 8.52. The molecule has 0 aromatic heterocycles. The van der Waals surface area contributed by atoms with Gasteiger partial charge in [-0.1, -0.05) is 0 Å². The van der Waals surface area contributed by atoms with E-state index >= 15 is 0 Å². The molecule has 1 aliphatic rings. The first kappa shape index (κ1) is 21.5. The van der Waals surface area contributed by atoms with Crippen LogP contribution in [0.5, 0.6) is 11.5 Å². The average molecular weight is 400 g/mol. The number of hydrogen-bond acceptors (Lipinski definition) is 6. The molecule has 1 saturated heterocycles. The van der Waals surface area contributed by atoms with Gasteiger partial charge in [0.25, 0.3) is 0 Å². The van der Waals surface area contributed by atoms with Crippen LogP contribution in [0.1, 0.15) is 19.8 Å². The Kier molecular flexibility index (Phi) is 7.46. The number of piperidine rings is 1. The minimum absolute atomic E-state index is 0.119. The van der Waals surface area contributed by atoms with Crippen molar-refractivity contribution >= 4 is 15.9 Å². The highest BCUT2D eigenvalue weighted by Crippen LogP contribution is 2.32. The van der Waals surface area contributed by atoms with Crippen LogP contribution in [0.15, 0.2) is 23.1 Å². The molecule has 1 aliphatic heterocycles. The minimum Gasteiger partial charge on any atom is -0.493 e. The lowest BCUT2D eigenvalue weighted by Crippen LogP contribution is -2.47. The summed E-state index contributed by atoms with van der Waals surface area (Å²) in [7, 11) is 0.784. The number of rotatable bonds is 8. The van der Waals surface area contributed by atoms with Gasteiger partial charge in [0.1, 0.15) is 0 Å². The topological polar surface area (TPSA) is 94.2 Å². The molecule has 0 unspecified atom stereocenters. The van der Waals surface area contributed by atoms with Crippen molar-refractivity contribution in [2.75, 3.05) is 41.0 Å². The summed E-state index contributed by atoms with van der Waals surface area (Å²) in [6, 6.07) is 4.37. The van der Waals surface area contributed by atoms with E-state index in [0.717, 1.165) is 0 Å². The monoisotopic (exact) mass is 400 g/mol. The molecule has 1 fully saturated rings. The van der Waals surface area contributed by atoms with Crippen molar-refractivity contribution in [2.45, 2.75) is 30.7 Å². The van der Waals surface area contributed by atoms with E-state index in [-0.39, 0.29) is 29.3 Å². The predicted octanol–water partition coefficient (Wildman–Crippen LogP) is 1.26. The van der Waals surface area contributed by atoms with Crippen LogP contribution in [0.4, 0.5) is 0 Å². The number of carbonyl (C=O) groups is 1. The van der Waals surface area contributed by atoms with Crippen molar-refractivity contribution < 1.29 is 27.4 Å². The molecule has 0 saturated carbocycles. The van der Waals surface area contributed by atoms with Crippen molar-refractivity contribution in [1.82, 2.24) is 9.62 Å². The van der Waals surface area contributed by atoms with Crippen LogP contribution in [0.2, 0.25) is 0 Å². The molecule has 2 atom stereocenters. The molecule has 1 aromatic rings. The zero-order valence-electron chi connectivity index (χ0n) is 16.2. The predicted molar refractivity (Wildman–Crippen MR) is 101 cm³/mol. The van der Waals surface area contributed by atoms with Crippen LogP contribution in [0, 0.1) is 5.92 Å². The van der Waals surface area contributed by atoms with Gasteiger partial charge in [0.05, 0.1) is 31.6 Å². The Morgan fingerprint density at radius 1 is 1.26 bits per heavy atom. The number of methoxy groups -OCH3 is 3. The van der Waals surface area contributed by atoms with Gasteiger partial charge in [0.2, 0.25) is 15.9 Å². The Hall–Kier alpha value is -1.84. The lowest BCUT2D eigenvalue weighted by molar-refractivity contribution is -0.127. The number of carbonyl (C=O) groups excluding carboxylic acids is 1. The fourth-order valence-electron chi connectivity index (χ4n) is 3.15. The van der Waals surface area contributed by atoms with E-state index in [1.807, 2.05) is 6.92 Å². The Morgan fingerprint density at radius 2 is 1.96 bits per heavy atom. The second kappa shape index (κ2) is 9.38. The molecule has 152 valence electrons. The highest BCUT2D eigenvalue weighted by atomic mass is 32.2. The molecule has 0 bridgehead atoms. The molecular weight excluding hydrogens is 372 g/mol. The van der Waals surface area contributed by atoms with Gasteiger partial charge in [-0.2, -0.15) is 4.31 Å². The van der Waals surface area contributed by atoms with Crippen LogP contribution in [-0.4, -0.2) is 65.7 Å². The number of ether oxygens (including phenoxy) is 3. The average Bonchev–Trinajstić information content (AvgIpc) is 2.67. The number of hydrogen-bond donors (Lipinski definition) is 1. The molecule has 1 heterocycles. The lowest BCUT2D eigenvalue weighted by atomic mass is 9.98. The zero-order valence-corrected chi connectivity index (χ0v) is 17.0. The van der Waals surface area contributed by atoms with Crippen LogP contribution < -0.4 is 14.8 Å². The van der Waals surface area contributed by atoms with E-state index in [1.54, 1.807) is 13.2 Å². The van der Waals surface area contributed by atoms with Crippen LogP contribution in [0.3, 0.4) is 0 Å². The van der Waals surface area contributed by atoms with E-state index in [0.29, 0.717) is 37.5 Å². The van der Waals surface area contributed by atoms with Gasteiger partial charge in [0, 0.05) is 32.3 Å². The lowest BCUT2D eigenvalue weighted by Gasteiger charge is -2.32. The largest absolute Gasteiger partial charge is 0.493 e. The highest BCUT2D eigenvalue weighted by molar-refractivity contribution is 7.89. The molecule has 0 aliphatic carbocycles. The third-order valence-corrected chi connectivity index (χ3v) is 6.41. The maximum absolute atomic E-state index is 13.0. The molecule has 2 rings (SSSR count). The first-order chi connectivity index (χ1) is 12.8.